The van der Waals surface area contributed by atoms with E-state index < -0.39 is 0 Å². The van der Waals surface area contributed by atoms with Gasteiger partial charge in [-0.15, -0.1) is 0 Å². The van der Waals surface area contributed by atoms with Gasteiger partial charge in [0.05, 0.1) is 13.0 Å². The molecule has 0 aliphatic heterocycles. The van der Waals surface area contributed by atoms with Gasteiger partial charge in [-0.25, -0.2) is 0 Å². The van der Waals surface area contributed by atoms with Crippen LogP contribution in [-0.2, 0) is 9.53 Å². The molecule has 3 nitrogen and oxygen atoms in total. The monoisotopic (exact) mass is 213 g/mol. The van der Waals surface area contributed by atoms with Crippen LogP contribution in [-0.4, -0.2) is 19.6 Å². The van der Waals surface area contributed by atoms with Gasteiger partial charge in [-0.2, -0.15) is 0 Å². The van der Waals surface area contributed by atoms with E-state index in [4.69, 9.17) is 10.5 Å². The third-order valence-electron chi connectivity index (χ3n) is 3.54. The van der Waals surface area contributed by atoms with Gasteiger partial charge in [-0.3, -0.25) is 4.79 Å². The van der Waals surface area contributed by atoms with Crippen molar-refractivity contribution in [3.05, 3.63) is 0 Å². The lowest BCUT2D eigenvalue weighted by Crippen LogP contribution is -2.36. The predicted molar refractivity (Wildman–Crippen MR) is 60.2 cm³/mol. The molecule has 1 aliphatic carbocycles. The molecule has 2 N–H and O–H groups in total. The summed E-state index contributed by atoms with van der Waals surface area (Å²) >= 11 is 0. The average Bonchev–Trinajstić information content (AvgIpc) is 2.17. The predicted octanol–water partition coefficient (Wildman–Crippen LogP) is 1.81. The summed E-state index contributed by atoms with van der Waals surface area (Å²) < 4.78 is 4.81. The maximum absolute atomic E-state index is 11.6. The van der Waals surface area contributed by atoms with Crippen LogP contribution in [0.2, 0.25) is 0 Å². The van der Waals surface area contributed by atoms with E-state index in [1.54, 1.807) is 0 Å². The lowest BCUT2D eigenvalue weighted by molar-refractivity contribution is -0.147. The Hall–Kier alpha value is -0.570. The summed E-state index contributed by atoms with van der Waals surface area (Å²) in [5, 5.41) is 0. The first-order chi connectivity index (χ1) is 7.08. The SMILES string of the molecule is COC(=O)C(CN)C1CC(C)CC(C)C1. The zero-order chi connectivity index (χ0) is 11.4. The molecule has 0 spiro atoms. The Morgan fingerprint density at radius 3 is 2.27 bits per heavy atom. The molecule has 0 heterocycles. The molecule has 1 aliphatic rings. The van der Waals surface area contributed by atoms with Crippen LogP contribution in [0.15, 0.2) is 0 Å². The molecular formula is C12H23NO2. The van der Waals surface area contributed by atoms with Gasteiger partial charge >= 0.3 is 5.97 Å². The van der Waals surface area contributed by atoms with E-state index in [1.807, 2.05) is 0 Å². The number of nitrogens with two attached hydrogens (primary N) is 1. The van der Waals surface area contributed by atoms with Gasteiger partial charge in [-0.05, 0) is 37.0 Å². The smallest absolute Gasteiger partial charge is 0.310 e. The van der Waals surface area contributed by atoms with Gasteiger partial charge in [0.1, 0.15) is 0 Å². The molecule has 15 heavy (non-hydrogen) atoms. The Kier molecular flexibility index (Phi) is 4.58. The molecule has 0 saturated heterocycles. The highest BCUT2D eigenvalue weighted by Crippen LogP contribution is 2.37. The molecule has 0 bridgehead atoms. The number of ether oxygens (including phenoxy) is 1. The molecule has 0 amide bonds. The van der Waals surface area contributed by atoms with Crippen LogP contribution in [0.3, 0.4) is 0 Å². The molecule has 1 saturated carbocycles. The van der Waals surface area contributed by atoms with Crippen molar-refractivity contribution in [2.45, 2.75) is 33.1 Å². The van der Waals surface area contributed by atoms with E-state index in [-0.39, 0.29) is 11.9 Å². The van der Waals surface area contributed by atoms with Gasteiger partial charge in [0, 0.05) is 6.54 Å². The summed E-state index contributed by atoms with van der Waals surface area (Å²) in [6.45, 7) is 4.93. The standard InChI is InChI=1S/C12H23NO2/c1-8-4-9(2)6-10(5-8)11(7-13)12(14)15-3/h8-11H,4-7,13H2,1-3H3. The molecule has 1 rings (SSSR count). The highest BCUT2D eigenvalue weighted by atomic mass is 16.5. The highest BCUT2D eigenvalue weighted by molar-refractivity contribution is 5.72. The number of methoxy groups -OCH3 is 1. The normalized spacial score (nSPS) is 33.5. The minimum atomic E-state index is -0.135. The van der Waals surface area contributed by atoms with Crippen molar-refractivity contribution >= 4 is 5.97 Å². The van der Waals surface area contributed by atoms with E-state index in [2.05, 4.69) is 13.8 Å². The first-order valence-corrected chi connectivity index (χ1v) is 5.86. The Bertz CT molecular complexity index is 208. The second-order valence-corrected chi connectivity index (χ2v) is 5.04. The van der Waals surface area contributed by atoms with Crippen LogP contribution in [0.25, 0.3) is 0 Å². The summed E-state index contributed by atoms with van der Waals surface area (Å²) in [5.74, 6) is 1.60. The Morgan fingerprint density at radius 1 is 1.33 bits per heavy atom. The molecular weight excluding hydrogens is 190 g/mol. The molecule has 0 radical (unpaired) electrons. The topological polar surface area (TPSA) is 52.3 Å². The first-order valence-electron chi connectivity index (χ1n) is 5.86. The second kappa shape index (κ2) is 5.50. The fourth-order valence-corrected chi connectivity index (χ4v) is 2.97. The average molecular weight is 213 g/mol. The summed E-state index contributed by atoms with van der Waals surface area (Å²) in [4.78, 5) is 11.6. The van der Waals surface area contributed by atoms with Crippen molar-refractivity contribution in [1.82, 2.24) is 0 Å². The van der Waals surface area contributed by atoms with Crippen molar-refractivity contribution in [3.63, 3.8) is 0 Å². The number of carbonyl (C=O) groups excluding carboxylic acids is 1. The van der Waals surface area contributed by atoms with Crippen LogP contribution in [0, 0.1) is 23.7 Å². The van der Waals surface area contributed by atoms with Crippen molar-refractivity contribution in [1.29, 1.82) is 0 Å². The summed E-state index contributed by atoms with van der Waals surface area (Å²) in [7, 11) is 1.45. The van der Waals surface area contributed by atoms with E-state index in [0.29, 0.717) is 24.3 Å². The second-order valence-electron chi connectivity index (χ2n) is 5.04. The van der Waals surface area contributed by atoms with E-state index in [1.165, 1.54) is 13.5 Å². The van der Waals surface area contributed by atoms with Crippen LogP contribution >= 0.6 is 0 Å². The maximum atomic E-state index is 11.6. The first kappa shape index (κ1) is 12.5. The van der Waals surface area contributed by atoms with E-state index in [0.717, 1.165) is 12.8 Å². The molecule has 1 fully saturated rings. The number of hydrogen-bond acceptors (Lipinski definition) is 3. The Labute approximate surface area is 92.4 Å². The fourth-order valence-electron chi connectivity index (χ4n) is 2.97. The zero-order valence-electron chi connectivity index (χ0n) is 10.0. The number of esters is 1. The van der Waals surface area contributed by atoms with Crippen LogP contribution in [0.4, 0.5) is 0 Å². The minimum absolute atomic E-state index is 0.0970. The third kappa shape index (κ3) is 3.20. The highest BCUT2D eigenvalue weighted by Gasteiger charge is 2.33. The maximum Gasteiger partial charge on any atom is 0.310 e. The molecule has 0 aromatic heterocycles. The van der Waals surface area contributed by atoms with E-state index >= 15 is 0 Å². The molecule has 3 unspecified atom stereocenters. The quantitative estimate of drug-likeness (QED) is 0.727. The molecule has 0 aromatic rings. The number of hydrogen-bond donors (Lipinski definition) is 1. The number of carbonyl (C=O) groups is 1. The zero-order valence-corrected chi connectivity index (χ0v) is 10.0. The largest absolute Gasteiger partial charge is 0.469 e. The fraction of sp³-hybridized carbons (Fsp3) is 0.917. The Balaban J connectivity index is 2.63. The molecule has 3 heteroatoms. The van der Waals surface area contributed by atoms with Gasteiger partial charge < -0.3 is 10.5 Å². The van der Waals surface area contributed by atoms with Gasteiger partial charge in [0.2, 0.25) is 0 Å². The lowest BCUT2D eigenvalue weighted by atomic mass is 9.71. The summed E-state index contributed by atoms with van der Waals surface area (Å²) in [5.41, 5.74) is 5.67. The summed E-state index contributed by atoms with van der Waals surface area (Å²) in [6.07, 6.45) is 3.50. The lowest BCUT2D eigenvalue weighted by Gasteiger charge is -2.34. The third-order valence-corrected chi connectivity index (χ3v) is 3.54. The Morgan fingerprint density at radius 2 is 1.87 bits per heavy atom. The van der Waals surface area contributed by atoms with Crippen molar-refractivity contribution in [2.24, 2.45) is 29.4 Å². The van der Waals surface area contributed by atoms with Gasteiger partial charge in [0.15, 0.2) is 0 Å². The van der Waals surface area contributed by atoms with Crippen LogP contribution < -0.4 is 5.73 Å². The molecule has 88 valence electrons. The van der Waals surface area contributed by atoms with Crippen molar-refractivity contribution in [3.8, 4) is 0 Å². The van der Waals surface area contributed by atoms with Gasteiger partial charge in [-0.1, -0.05) is 13.8 Å². The van der Waals surface area contributed by atoms with E-state index in [9.17, 15) is 4.79 Å². The number of rotatable bonds is 3. The molecule has 3 atom stereocenters. The van der Waals surface area contributed by atoms with Crippen LogP contribution in [0.1, 0.15) is 33.1 Å². The van der Waals surface area contributed by atoms with Crippen molar-refractivity contribution < 1.29 is 9.53 Å². The molecule has 0 aromatic carbocycles. The van der Waals surface area contributed by atoms with Gasteiger partial charge in [0.25, 0.3) is 0 Å². The van der Waals surface area contributed by atoms with Crippen molar-refractivity contribution in [2.75, 3.05) is 13.7 Å². The minimum Gasteiger partial charge on any atom is -0.469 e. The summed E-state index contributed by atoms with van der Waals surface area (Å²) in [6, 6.07) is 0. The van der Waals surface area contributed by atoms with Crippen LogP contribution in [0.5, 0.6) is 0 Å².